The highest BCUT2D eigenvalue weighted by Gasteiger charge is 2.56. The molecule has 0 saturated carbocycles. The van der Waals surface area contributed by atoms with Crippen LogP contribution >= 0.6 is 0 Å². The van der Waals surface area contributed by atoms with E-state index in [1.165, 1.54) is 13.3 Å². The van der Waals surface area contributed by atoms with Crippen LogP contribution in [-0.4, -0.2) is 56.1 Å². The molecule has 2 N–H and O–H groups in total. The first-order chi connectivity index (χ1) is 17.4. The van der Waals surface area contributed by atoms with E-state index in [1.54, 1.807) is 41.1 Å². The van der Waals surface area contributed by atoms with Crippen LogP contribution in [0.4, 0.5) is 0 Å². The molecular weight excluding hydrogens is 462 g/mol. The SMILES string of the molecule is COc1cccc(CNC(=O)[C@@H]2[C@@H](CO)[C@@H]3Cn4c(ccc(-c5cncnc5)c4=O)[C@H]2N3C(C)=O)c1. The average molecular weight is 490 g/mol. The number of methoxy groups -OCH3 is 1. The Kier molecular flexibility index (Phi) is 6.27. The Morgan fingerprint density at radius 3 is 2.67 bits per heavy atom. The van der Waals surface area contributed by atoms with Crippen molar-refractivity contribution in [1.29, 1.82) is 0 Å². The summed E-state index contributed by atoms with van der Waals surface area (Å²) in [6, 6.07) is 9.69. The maximum Gasteiger partial charge on any atom is 0.258 e. The second-order valence-electron chi connectivity index (χ2n) is 9.09. The van der Waals surface area contributed by atoms with Gasteiger partial charge in [-0.1, -0.05) is 12.1 Å². The lowest BCUT2D eigenvalue weighted by atomic mass is 9.86. The van der Waals surface area contributed by atoms with Crippen molar-refractivity contribution < 1.29 is 19.4 Å². The van der Waals surface area contributed by atoms with E-state index >= 15 is 0 Å². The molecule has 0 unspecified atom stereocenters. The maximum atomic E-state index is 13.5. The number of rotatable bonds is 6. The summed E-state index contributed by atoms with van der Waals surface area (Å²) < 4.78 is 6.87. The number of ether oxygens (including phenoxy) is 1. The zero-order chi connectivity index (χ0) is 25.4. The average Bonchev–Trinajstić information content (AvgIpc) is 3.15. The van der Waals surface area contributed by atoms with E-state index in [4.69, 9.17) is 4.74 Å². The normalized spacial score (nSPS) is 22.1. The van der Waals surface area contributed by atoms with Crippen molar-refractivity contribution in [2.24, 2.45) is 11.8 Å². The Bertz CT molecular complexity index is 1360. The smallest absolute Gasteiger partial charge is 0.258 e. The minimum atomic E-state index is -0.714. The Morgan fingerprint density at radius 2 is 1.97 bits per heavy atom. The molecule has 2 aromatic heterocycles. The largest absolute Gasteiger partial charge is 0.497 e. The fourth-order valence-electron chi connectivity index (χ4n) is 5.58. The maximum absolute atomic E-state index is 13.5. The minimum absolute atomic E-state index is 0.191. The molecular formula is C26H27N5O5. The molecule has 4 atom stereocenters. The van der Waals surface area contributed by atoms with E-state index in [0.29, 0.717) is 22.6 Å². The summed E-state index contributed by atoms with van der Waals surface area (Å²) in [5.74, 6) is -1.04. The monoisotopic (exact) mass is 489 g/mol. The Hall–Kier alpha value is -4.05. The Morgan fingerprint density at radius 1 is 1.19 bits per heavy atom. The van der Waals surface area contributed by atoms with Gasteiger partial charge in [-0.3, -0.25) is 14.4 Å². The second-order valence-corrected chi connectivity index (χ2v) is 9.09. The first-order valence-corrected chi connectivity index (χ1v) is 11.7. The number of hydrogen-bond acceptors (Lipinski definition) is 7. The van der Waals surface area contributed by atoms with Gasteiger partial charge in [-0.25, -0.2) is 9.97 Å². The molecule has 2 amide bonds. The number of aliphatic hydroxyl groups is 1. The van der Waals surface area contributed by atoms with Crippen LogP contribution in [0.25, 0.3) is 11.1 Å². The zero-order valence-electron chi connectivity index (χ0n) is 20.0. The number of hydrogen-bond donors (Lipinski definition) is 2. The summed E-state index contributed by atoms with van der Waals surface area (Å²) in [5.41, 5.74) is 2.22. The van der Waals surface area contributed by atoms with Crippen molar-refractivity contribution in [2.75, 3.05) is 13.7 Å². The van der Waals surface area contributed by atoms with Gasteiger partial charge in [0.05, 0.1) is 30.7 Å². The van der Waals surface area contributed by atoms with Crippen LogP contribution in [0, 0.1) is 11.8 Å². The van der Waals surface area contributed by atoms with Gasteiger partial charge in [-0.2, -0.15) is 0 Å². The molecule has 0 radical (unpaired) electrons. The number of nitrogens with one attached hydrogen (secondary N) is 1. The molecule has 2 aliphatic heterocycles. The predicted octanol–water partition coefficient (Wildman–Crippen LogP) is 1.14. The highest BCUT2D eigenvalue weighted by atomic mass is 16.5. The van der Waals surface area contributed by atoms with E-state index < -0.39 is 23.9 Å². The van der Waals surface area contributed by atoms with Crippen LogP contribution < -0.4 is 15.6 Å². The lowest BCUT2D eigenvalue weighted by Crippen LogP contribution is -2.48. The predicted molar refractivity (Wildman–Crippen MR) is 130 cm³/mol. The van der Waals surface area contributed by atoms with Gasteiger partial charge in [0.25, 0.3) is 5.56 Å². The Labute approximate surface area is 207 Å². The van der Waals surface area contributed by atoms with E-state index in [9.17, 15) is 19.5 Å². The molecule has 186 valence electrons. The molecule has 0 aliphatic carbocycles. The number of nitrogens with zero attached hydrogens (tertiary/aromatic N) is 4. The molecule has 10 heteroatoms. The molecule has 10 nitrogen and oxygen atoms in total. The van der Waals surface area contributed by atoms with Crippen molar-refractivity contribution >= 4 is 11.8 Å². The zero-order valence-corrected chi connectivity index (χ0v) is 20.0. The van der Waals surface area contributed by atoms with Gasteiger partial charge < -0.3 is 24.6 Å². The summed E-state index contributed by atoms with van der Waals surface area (Å²) in [5, 5.41) is 13.3. The summed E-state index contributed by atoms with van der Waals surface area (Å²) in [7, 11) is 1.58. The molecule has 36 heavy (non-hydrogen) atoms. The van der Waals surface area contributed by atoms with Gasteiger partial charge in [0.15, 0.2) is 0 Å². The van der Waals surface area contributed by atoms with E-state index in [1.807, 2.05) is 24.3 Å². The molecule has 1 saturated heterocycles. The number of carbonyl (C=O) groups excluding carboxylic acids is 2. The number of aromatic nitrogens is 3. The molecule has 0 spiro atoms. The second kappa shape index (κ2) is 9.54. The first kappa shape index (κ1) is 23.7. The van der Waals surface area contributed by atoms with Crippen LogP contribution in [0.2, 0.25) is 0 Å². The highest BCUT2D eigenvalue weighted by Crippen LogP contribution is 2.48. The topological polar surface area (TPSA) is 127 Å². The van der Waals surface area contributed by atoms with Crippen LogP contribution in [0.15, 0.2) is 59.9 Å². The third-order valence-corrected chi connectivity index (χ3v) is 7.18. The van der Waals surface area contributed by atoms with Gasteiger partial charge in [0.2, 0.25) is 11.8 Å². The van der Waals surface area contributed by atoms with Crippen molar-refractivity contribution in [3.63, 3.8) is 0 Å². The van der Waals surface area contributed by atoms with Crippen LogP contribution in [0.1, 0.15) is 24.2 Å². The number of fused-ring (bicyclic) bond motifs is 4. The Balaban J connectivity index is 1.51. The molecule has 4 heterocycles. The highest BCUT2D eigenvalue weighted by molar-refractivity contribution is 5.83. The molecule has 3 aromatic rings. The van der Waals surface area contributed by atoms with Gasteiger partial charge in [0, 0.05) is 56.2 Å². The van der Waals surface area contributed by atoms with E-state index in [2.05, 4.69) is 15.3 Å². The van der Waals surface area contributed by atoms with Gasteiger partial charge in [-0.15, -0.1) is 0 Å². The lowest BCUT2D eigenvalue weighted by molar-refractivity contribution is -0.134. The summed E-state index contributed by atoms with van der Waals surface area (Å²) in [6.45, 7) is 1.62. The van der Waals surface area contributed by atoms with Gasteiger partial charge in [-0.05, 0) is 29.8 Å². The third-order valence-electron chi connectivity index (χ3n) is 7.18. The molecule has 5 rings (SSSR count). The quantitative estimate of drug-likeness (QED) is 0.532. The number of aliphatic hydroxyl groups excluding tert-OH is 1. The van der Waals surface area contributed by atoms with Crippen LogP contribution in [0.5, 0.6) is 5.75 Å². The van der Waals surface area contributed by atoms with Crippen molar-refractivity contribution in [3.05, 3.63) is 76.7 Å². The summed E-state index contributed by atoms with van der Waals surface area (Å²) in [6.07, 6.45) is 4.54. The third kappa shape index (κ3) is 3.93. The minimum Gasteiger partial charge on any atom is -0.497 e. The number of benzene rings is 1. The first-order valence-electron chi connectivity index (χ1n) is 11.7. The molecule has 1 fully saturated rings. The molecule has 1 aromatic carbocycles. The summed E-state index contributed by atoms with van der Waals surface area (Å²) in [4.78, 5) is 49.4. The van der Waals surface area contributed by atoms with E-state index in [0.717, 1.165) is 5.56 Å². The van der Waals surface area contributed by atoms with Crippen LogP contribution in [0.3, 0.4) is 0 Å². The fraction of sp³-hybridized carbons (Fsp3) is 0.346. The fourth-order valence-corrected chi connectivity index (χ4v) is 5.58. The number of amides is 2. The number of carbonyl (C=O) groups is 2. The van der Waals surface area contributed by atoms with Crippen molar-refractivity contribution in [2.45, 2.75) is 32.1 Å². The van der Waals surface area contributed by atoms with Gasteiger partial charge >= 0.3 is 0 Å². The lowest BCUT2D eigenvalue weighted by Gasteiger charge is -2.37. The standard InChI is InChI=1S/C26H27N5O5/c1-15(33)31-22-12-30-21(7-6-19(26(30)35)17-10-27-14-28-11-17)24(31)23(20(22)13-32)25(34)29-9-16-4-3-5-18(8-16)36-2/h3-8,10-11,14,20,22-24,32H,9,12-13H2,1-2H3,(H,29,34)/t20-,22-,23+,24+/m0/s1. The molecule has 2 aliphatic rings. The van der Waals surface area contributed by atoms with Crippen molar-refractivity contribution in [1.82, 2.24) is 24.8 Å². The van der Waals surface area contributed by atoms with Crippen molar-refractivity contribution in [3.8, 4) is 16.9 Å². The van der Waals surface area contributed by atoms with Gasteiger partial charge in [0.1, 0.15) is 12.1 Å². The van der Waals surface area contributed by atoms with Crippen LogP contribution in [-0.2, 0) is 22.7 Å². The summed E-state index contributed by atoms with van der Waals surface area (Å²) >= 11 is 0. The molecule has 2 bridgehead atoms. The van der Waals surface area contributed by atoms with E-state index in [-0.39, 0.29) is 37.1 Å². The number of pyridine rings is 1.